The summed E-state index contributed by atoms with van der Waals surface area (Å²) < 4.78 is 14.9. The lowest BCUT2D eigenvalue weighted by atomic mass is 10.2. The summed E-state index contributed by atoms with van der Waals surface area (Å²) in [6, 6.07) is 6.63. The number of aryl methyl sites for hydroxylation is 1. The second kappa shape index (κ2) is 4.19. The molecule has 4 heteroatoms. The minimum absolute atomic E-state index is 0.281. The fourth-order valence-electron chi connectivity index (χ4n) is 2.15. The molecule has 0 amide bonds. The van der Waals surface area contributed by atoms with Crippen LogP contribution >= 0.6 is 0 Å². The molecule has 0 bridgehead atoms. The van der Waals surface area contributed by atoms with Gasteiger partial charge < -0.3 is 5.73 Å². The standard InChI is InChI=1S/C14H14FN3/c1-8-6-11(15)4-5-13(8)18-10(3)9(2)12(7-16)14(18)17/h4-6H,17H2,1-3H3. The fourth-order valence-corrected chi connectivity index (χ4v) is 2.15. The summed E-state index contributed by atoms with van der Waals surface area (Å²) in [6.45, 7) is 5.58. The van der Waals surface area contributed by atoms with E-state index in [-0.39, 0.29) is 5.82 Å². The van der Waals surface area contributed by atoms with Crippen LogP contribution in [-0.4, -0.2) is 4.57 Å². The van der Waals surface area contributed by atoms with Gasteiger partial charge in [-0.1, -0.05) is 0 Å². The van der Waals surface area contributed by atoms with E-state index >= 15 is 0 Å². The van der Waals surface area contributed by atoms with E-state index in [4.69, 9.17) is 11.0 Å². The topological polar surface area (TPSA) is 54.7 Å². The molecule has 2 N–H and O–H groups in total. The highest BCUT2D eigenvalue weighted by Crippen LogP contribution is 2.29. The van der Waals surface area contributed by atoms with E-state index in [9.17, 15) is 4.39 Å². The molecule has 0 saturated carbocycles. The Bertz CT molecular complexity index is 663. The quantitative estimate of drug-likeness (QED) is 0.837. The Balaban J connectivity index is 2.77. The lowest BCUT2D eigenvalue weighted by molar-refractivity contribution is 0.626. The molecule has 0 unspecified atom stereocenters. The summed E-state index contributed by atoms with van der Waals surface area (Å²) in [5.74, 6) is 0.124. The van der Waals surface area contributed by atoms with Crippen LogP contribution in [0.15, 0.2) is 18.2 Å². The first-order valence-electron chi connectivity index (χ1n) is 5.61. The van der Waals surface area contributed by atoms with Crippen molar-refractivity contribution in [3.05, 3.63) is 46.4 Å². The number of benzene rings is 1. The van der Waals surface area contributed by atoms with Crippen molar-refractivity contribution in [3.8, 4) is 11.8 Å². The number of nitriles is 1. The molecule has 2 rings (SSSR count). The van der Waals surface area contributed by atoms with E-state index < -0.39 is 0 Å². The number of aromatic nitrogens is 1. The largest absolute Gasteiger partial charge is 0.384 e. The van der Waals surface area contributed by atoms with E-state index in [1.165, 1.54) is 12.1 Å². The molecule has 1 aromatic carbocycles. The van der Waals surface area contributed by atoms with Crippen LogP contribution < -0.4 is 5.73 Å². The maximum absolute atomic E-state index is 13.1. The van der Waals surface area contributed by atoms with Crippen LogP contribution in [0.4, 0.5) is 10.2 Å². The van der Waals surface area contributed by atoms with Crippen molar-refractivity contribution in [1.29, 1.82) is 5.26 Å². The number of rotatable bonds is 1. The first kappa shape index (κ1) is 12.2. The van der Waals surface area contributed by atoms with Crippen molar-refractivity contribution in [3.63, 3.8) is 0 Å². The summed E-state index contributed by atoms with van der Waals surface area (Å²) >= 11 is 0. The normalized spacial score (nSPS) is 10.4. The Labute approximate surface area is 105 Å². The second-order valence-corrected chi connectivity index (χ2v) is 4.35. The van der Waals surface area contributed by atoms with E-state index in [2.05, 4.69) is 6.07 Å². The number of nitrogen functional groups attached to an aromatic ring is 1. The fraction of sp³-hybridized carbons (Fsp3) is 0.214. The van der Waals surface area contributed by atoms with Crippen LogP contribution in [0.3, 0.4) is 0 Å². The first-order valence-corrected chi connectivity index (χ1v) is 5.61. The van der Waals surface area contributed by atoms with Gasteiger partial charge in [0.05, 0.1) is 11.3 Å². The third-order valence-corrected chi connectivity index (χ3v) is 3.26. The maximum atomic E-state index is 13.1. The molecule has 0 spiro atoms. The lowest BCUT2D eigenvalue weighted by Gasteiger charge is -2.12. The molecule has 0 atom stereocenters. The lowest BCUT2D eigenvalue weighted by Crippen LogP contribution is -2.04. The van der Waals surface area contributed by atoms with Crippen molar-refractivity contribution in [2.45, 2.75) is 20.8 Å². The van der Waals surface area contributed by atoms with Crippen molar-refractivity contribution < 1.29 is 4.39 Å². The smallest absolute Gasteiger partial charge is 0.126 e. The summed E-state index contributed by atoms with van der Waals surface area (Å²) in [5, 5.41) is 9.09. The zero-order chi connectivity index (χ0) is 13.4. The van der Waals surface area contributed by atoms with Crippen molar-refractivity contribution in [2.75, 3.05) is 5.73 Å². The Morgan fingerprint density at radius 2 is 1.94 bits per heavy atom. The number of halogens is 1. The molecule has 0 fully saturated rings. The molecule has 0 radical (unpaired) electrons. The number of hydrogen-bond donors (Lipinski definition) is 1. The van der Waals surface area contributed by atoms with Gasteiger partial charge in [-0.25, -0.2) is 4.39 Å². The molecule has 1 aromatic heterocycles. The van der Waals surface area contributed by atoms with E-state index in [1.807, 2.05) is 20.8 Å². The van der Waals surface area contributed by atoms with Crippen LogP contribution in [0, 0.1) is 37.9 Å². The van der Waals surface area contributed by atoms with Gasteiger partial charge in [-0.3, -0.25) is 4.57 Å². The number of nitrogens with two attached hydrogens (primary N) is 1. The van der Waals surface area contributed by atoms with Crippen molar-refractivity contribution >= 4 is 5.82 Å². The van der Waals surface area contributed by atoms with Crippen LogP contribution in [0.25, 0.3) is 5.69 Å². The van der Waals surface area contributed by atoms with E-state index in [0.717, 1.165) is 22.5 Å². The Hall–Kier alpha value is -2.28. The van der Waals surface area contributed by atoms with Gasteiger partial charge in [-0.05, 0) is 50.1 Å². The summed E-state index contributed by atoms with van der Waals surface area (Å²) in [7, 11) is 0. The molecule has 0 saturated heterocycles. The first-order chi connectivity index (χ1) is 8.47. The highest BCUT2D eigenvalue weighted by molar-refractivity contribution is 5.63. The van der Waals surface area contributed by atoms with E-state index in [1.54, 1.807) is 10.6 Å². The average molecular weight is 243 g/mol. The highest BCUT2D eigenvalue weighted by Gasteiger charge is 2.17. The maximum Gasteiger partial charge on any atom is 0.126 e. The van der Waals surface area contributed by atoms with Gasteiger partial charge in [0.1, 0.15) is 17.7 Å². The van der Waals surface area contributed by atoms with Crippen molar-refractivity contribution in [2.24, 2.45) is 0 Å². The highest BCUT2D eigenvalue weighted by atomic mass is 19.1. The van der Waals surface area contributed by atoms with Gasteiger partial charge in [0.15, 0.2) is 0 Å². The van der Waals surface area contributed by atoms with Crippen LogP contribution in [0.5, 0.6) is 0 Å². The summed E-state index contributed by atoms with van der Waals surface area (Å²) in [4.78, 5) is 0. The van der Waals surface area contributed by atoms with Crippen LogP contribution in [-0.2, 0) is 0 Å². The Kier molecular flexibility index (Phi) is 2.84. The SMILES string of the molecule is Cc1cc(F)ccc1-n1c(C)c(C)c(C#N)c1N. The van der Waals surface area contributed by atoms with Gasteiger partial charge in [0.25, 0.3) is 0 Å². The van der Waals surface area contributed by atoms with E-state index in [0.29, 0.717) is 11.4 Å². The third kappa shape index (κ3) is 1.65. The molecular weight excluding hydrogens is 229 g/mol. The third-order valence-electron chi connectivity index (χ3n) is 3.26. The number of hydrogen-bond acceptors (Lipinski definition) is 2. The van der Waals surface area contributed by atoms with Crippen LogP contribution in [0.2, 0.25) is 0 Å². The minimum atomic E-state index is -0.281. The minimum Gasteiger partial charge on any atom is -0.384 e. The monoisotopic (exact) mass is 243 g/mol. The predicted octanol–water partition coefficient (Wildman–Crippen LogP) is 3.00. The summed E-state index contributed by atoms with van der Waals surface area (Å²) in [6.07, 6.45) is 0. The zero-order valence-corrected chi connectivity index (χ0v) is 10.6. The predicted molar refractivity (Wildman–Crippen MR) is 69.1 cm³/mol. The number of anilines is 1. The molecule has 92 valence electrons. The molecule has 0 aliphatic rings. The summed E-state index contributed by atoms with van der Waals surface area (Å²) in [5.41, 5.74) is 9.83. The van der Waals surface area contributed by atoms with Gasteiger partial charge in [-0.15, -0.1) is 0 Å². The molecule has 1 heterocycles. The molecule has 0 aliphatic heterocycles. The van der Waals surface area contributed by atoms with Gasteiger partial charge in [-0.2, -0.15) is 5.26 Å². The molecule has 2 aromatic rings. The van der Waals surface area contributed by atoms with Crippen LogP contribution in [0.1, 0.15) is 22.4 Å². The molecular formula is C14H14FN3. The zero-order valence-electron chi connectivity index (χ0n) is 10.6. The molecule has 0 aliphatic carbocycles. The van der Waals surface area contributed by atoms with Gasteiger partial charge in [0.2, 0.25) is 0 Å². The Morgan fingerprint density at radius 3 is 2.44 bits per heavy atom. The molecule has 18 heavy (non-hydrogen) atoms. The van der Waals surface area contributed by atoms with Crippen molar-refractivity contribution in [1.82, 2.24) is 4.57 Å². The number of nitrogens with zero attached hydrogens (tertiary/aromatic N) is 2. The molecule has 3 nitrogen and oxygen atoms in total. The van der Waals surface area contributed by atoms with Gasteiger partial charge in [0, 0.05) is 5.69 Å². The second-order valence-electron chi connectivity index (χ2n) is 4.35. The average Bonchev–Trinajstić information content (AvgIpc) is 2.52. The Morgan fingerprint density at radius 1 is 1.28 bits per heavy atom. The van der Waals surface area contributed by atoms with Gasteiger partial charge >= 0.3 is 0 Å².